The average Bonchev–Trinajstić information content (AvgIpc) is 2.53. The molecular formula is C20H26O3. The third kappa shape index (κ3) is 7.00. The van der Waals surface area contributed by atoms with E-state index < -0.39 is 5.60 Å². The summed E-state index contributed by atoms with van der Waals surface area (Å²) >= 11 is 0. The van der Waals surface area contributed by atoms with Crippen molar-refractivity contribution in [3.05, 3.63) is 60.2 Å². The van der Waals surface area contributed by atoms with E-state index in [1.807, 2.05) is 31.2 Å². The molecule has 0 saturated heterocycles. The van der Waals surface area contributed by atoms with Crippen LogP contribution in [-0.2, 0) is 9.53 Å². The maximum absolute atomic E-state index is 12.0. The molecule has 1 aromatic rings. The number of esters is 1. The Labute approximate surface area is 139 Å². The van der Waals surface area contributed by atoms with Crippen molar-refractivity contribution in [2.75, 3.05) is 7.11 Å². The van der Waals surface area contributed by atoms with Gasteiger partial charge in [0.2, 0.25) is 0 Å². The van der Waals surface area contributed by atoms with Crippen LogP contribution in [0.25, 0.3) is 6.08 Å². The molecule has 0 heterocycles. The lowest BCUT2D eigenvalue weighted by Crippen LogP contribution is -2.28. The Hall–Kier alpha value is -2.29. The van der Waals surface area contributed by atoms with Gasteiger partial charge in [-0.1, -0.05) is 30.4 Å². The molecule has 1 aromatic carbocycles. The molecule has 3 heteroatoms. The quantitative estimate of drug-likeness (QED) is 0.387. The summed E-state index contributed by atoms with van der Waals surface area (Å²) < 4.78 is 10.6. The maximum atomic E-state index is 12.0. The topological polar surface area (TPSA) is 35.5 Å². The Kier molecular flexibility index (Phi) is 7.33. The van der Waals surface area contributed by atoms with Gasteiger partial charge in [-0.3, -0.25) is 0 Å². The molecule has 0 bridgehead atoms. The van der Waals surface area contributed by atoms with Crippen molar-refractivity contribution in [1.82, 2.24) is 0 Å². The van der Waals surface area contributed by atoms with Crippen LogP contribution in [0.2, 0.25) is 0 Å². The highest BCUT2D eigenvalue weighted by Crippen LogP contribution is 2.21. The van der Waals surface area contributed by atoms with Gasteiger partial charge in [0.1, 0.15) is 11.4 Å². The highest BCUT2D eigenvalue weighted by Gasteiger charge is 2.23. The summed E-state index contributed by atoms with van der Waals surface area (Å²) in [4.78, 5) is 12.0. The first-order valence-corrected chi connectivity index (χ1v) is 7.70. The predicted molar refractivity (Wildman–Crippen MR) is 95.4 cm³/mol. The van der Waals surface area contributed by atoms with Crippen LogP contribution in [0.15, 0.2) is 54.6 Å². The summed E-state index contributed by atoms with van der Waals surface area (Å²) in [6, 6.07) is 7.45. The fraction of sp³-hybridized carbons (Fsp3) is 0.350. The number of benzene rings is 1. The average molecular weight is 314 g/mol. The molecule has 3 nitrogen and oxygen atoms in total. The minimum atomic E-state index is -0.659. The van der Waals surface area contributed by atoms with Gasteiger partial charge in [-0.15, -0.1) is 0 Å². The standard InChI is InChI=1S/C20H26O3/c1-6-20(4,15-7-8-16(2)3)23-19(21)14-11-17-9-12-18(22-5)13-10-17/h6,8-14H,1,7,15H2,2-5H3/b14-11+. The zero-order valence-corrected chi connectivity index (χ0v) is 14.5. The van der Waals surface area contributed by atoms with Crippen LogP contribution in [0, 0.1) is 0 Å². The van der Waals surface area contributed by atoms with Gasteiger partial charge >= 0.3 is 5.97 Å². The molecule has 0 amide bonds. The van der Waals surface area contributed by atoms with E-state index in [4.69, 9.17) is 9.47 Å². The summed E-state index contributed by atoms with van der Waals surface area (Å²) in [7, 11) is 1.62. The van der Waals surface area contributed by atoms with Gasteiger partial charge < -0.3 is 9.47 Å². The Bertz CT molecular complexity index is 577. The first-order valence-electron chi connectivity index (χ1n) is 7.70. The second kappa shape index (κ2) is 8.99. The number of carbonyl (C=O) groups is 1. The maximum Gasteiger partial charge on any atom is 0.331 e. The molecule has 0 saturated carbocycles. The molecule has 1 atom stereocenters. The van der Waals surface area contributed by atoms with E-state index in [0.717, 1.165) is 17.7 Å². The highest BCUT2D eigenvalue weighted by atomic mass is 16.6. The Morgan fingerprint density at radius 2 is 1.91 bits per heavy atom. The van der Waals surface area contributed by atoms with E-state index in [9.17, 15) is 4.79 Å². The monoisotopic (exact) mass is 314 g/mol. The third-order valence-electron chi connectivity index (χ3n) is 3.49. The van der Waals surface area contributed by atoms with E-state index >= 15 is 0 Å². The number of ether oxygens (including phenoxy) is 2. The van der Waals surface area contributed by atoms with Crippen LogP contribution < -0.4 is 4.74 Å². The zero-order valence-electron chi connectivity index (χ0n) is 14.5. The summed E-state index contributed by atoms with van der Waals surface area (Å²) in [5, 5.41) is 0. The normalized spacial score (nSPS) is 13.2. The minimum Gasteiger partial charge on any atom is -0.497 e. The lowest BCUT2D eigenvalue weighted by Gasteiger charge is -2.25. The van der Waals surface area contributed by atoms with Gasteiger partial charge in [-0.05, 0) is 63.5 Å². The van der Waals surface area contributed by atoms with Crippen molar-refractivity contribution in [2.45, 2.75) is 39.2 Å². The first kappa shape index (κ1) is 18.8. The molecule has 1 unspecified atom stereocenters. The Morgan fingerprint density at radius 1 is 1.26 bits per heavy atom. The SMILES string of the molecule is C=CC(C)(CCC=C(C)C)OC(=O)/C=C/c1ccc(OC)cc1. The smallest absolute Gasteiger partial charge is 0.331 e. The van der Waals surface area contributed by atoms with E-state index in [0.29, 0.717) is 6.42 Å². The van der Waals surface area contributed by atoms with Crippen molar-refractivity contribution < 1.29 is 14.3 Å². The predicted octanol–water partition coefficient (Wildman–Crippen LogP) is 4.94. The number of hydrogen-bond acceptors (Lipinski definition) is 3. The van der Waals surface area contributed by atoms with Gasteiger partial charge in [0, 0.05) is 6.08 Å². The van der Waals surface area contributed by atoms with Crippen LogP contribution in [0.1, 0.15) is 39.2 Å². The van der Waals surface area contributed by atoms with E-state index in [1.54, 1.807) is 19.3 Å². The molecule has 0 N–H and O–H groups in total. The summed E-state index contributed by atoms with van der Waals surface area (Å²) in [5.41, 5.74) is 1.50. The number of allylic oxidation sites excluding steroid dienone is 2. The lowest BCUT2D eigenvalue weighted by atomic mass is 9.99. The third-order valence-corrected chi connectivity index (χ3v) is 3.49. The Balaban J connectivity index is 2.62. The van der Waals surface area contributed by atoms with E-state index in [1.165, 1.54) is 11.6 Å². The van der Waals surface area contributed by atoms with Crippen LogP contribution in [0.5, 0.6) is 5.75 Å². The molecule has 0 radical (unpaired) electrons. The fourth-order valence-corrected chi connectivity index (χ4v) is 1.99. The van der Waals surface area contributed by atoms with Crippen LogP contribution in [0.3, 0.4) is 0 Å². The fourth-order valence-electron chi connectivity index (χ4n) is 1.99. The minimum absolute atomic E-state index is 0.375. The van der Waals surface area contributed by atoms with E-state index in [-0.39, 0.29) is 5.97 Å². The highest BCUT2D eigenvalue weighted by molar-refractivity contribution is 5.87. The summed E-state index contributed by atoms with van der Waals surface area (Å²) in [6.07, 6.45) is 8.53. The molecule has 23 heavy (non-hydrogen) atoms. The molecule has 0 aromatic heterocycles. The molecule has 0 aliphatic carbocycles. The second-order valence-electron chi connectivity index (χ2n) is 5.86. The molecule has 1 rings (SSSR count). The van der Waals surface area contributed by atoms with Crippen molar-refractivity contribution in [2.24, 2.45) is 0 Å². The first-order chi connectivity index (χ1) is 10.9. The zero-order chi connectivity index (χ0) is 17.3. The number of rotatable bonds is 8. The molecule has 0 aliphatic rings. The van der Waals surface area contributed by atoms with E-state index in [2.05, 4.69) is 26.5 Å². The van der Waals surface area contributed by atoms with Crippen LogP contribution in [0.4, 0.5) is 0 Å². The molecule has 0 spiro atoms. The summed E-state index contributed by atoms with van der Waals surface area (Å²) in [6.45, 7) is 9.76. The lowest BCUT2D eigenvalue weighted by molar-refractivity contribution is -0.147. The molecule has 0 fully saturated rings. The second-order valence-corrected chi connectivity index (χ2v) is 5.86. The van der Waals surface area contributed by atoms with Gasteiger partial charge in [0.25, 0.3) is 0 Å². The number of hydrogen-bond donors (Lipinski definition) is 0. The van der Waals surface area contributed by atoms with Crippen molar-refractivity contribution >= 4 is 12.0 Å². The van der Waals surface area contributed by atoms with Gasteiger partial charge in [-0.2, -0.15) is 0 Å². The largest absolute Gasteiger partial charge is 0.497 e. The van der Waals surface area contributed by atoms with Gasteiger partial charge in [0.05, 0.1) is 7.11 Å². The van der Waals surface area contributed by atoms with Crippen molar-refractivity contribution in [3.63, 3.8) is 0 Å². The van der Waals surface area contributed by atoms with Crippen molar-refractivity contribution in [3.8, 4) is 5.75 Å². The van der Waals surface area contributed by atoms with Crippen molar-refractivity contribution in [1.29, 1.82) is 0 Å². The molecular weight excluding hydrogens is 288 g/mol. The Morgan fingerprint density at radius 3 is 2.43 bits per heavy atom. The molecule has 124 valence electrons. The molecule has 0 aliphatic heterocycles. The number of carbonyl (C=O) groups excluding carboxylic acids is 1. The number of methoxy groups -OCH3 is 1. The van der Waals surface area contributed by atoms with Gasteiger partial charge in [-0.25, -0.2) is 4.79 Å². The van der Waals surface area contributed by atoms with Crippen LogP contribution in [-0.4, -0.2) is 18.7 Å². The van der Waals surface area contributed by atoms with Gasteiger partial charge in [0.15, 0.2) is 0 Å². The van der Waals surface area contributed by atoms with Crippen LogP contribution >= 0.6 is 0 Å². The summed E-state index contributed by atoms with van der Waals surface area (Å²) in [5.74, 6) is 0.406.